The molecule has 0 spiro atoms. The summed E-state index contributed by atoms with van der Waals surface area (Å²) in [6, 6.07) is 0. The molecule has 0 radical (unpaired) electrons. The minimum atomic E-state index is -3.92. The summed E-state index contributed by atoms with van der Waals surface area (Å²) in [6.45, 7) is 1.32. The predicted molar refractivity (Wildman–Crippen MR) is 38.2 cm³/mol. The van der Waals surface area contributed by atoms with Gasteiger partial charge < -0.3 is 14.5 Å². The van der Waals surface area contributed by atoms with Gasteiger partial charge in [-0.1, -0.05) is 0 Å². The van der Waals surface area contributed by atoms with E-state index in [1.165, 1.54) is 6.92 Å². The van der Waals surface area contributed by atoms with Crippen LogP contribution < -0.4 is 0 Å². The van der Waals surface area contributed by atoms with Crippen LogP contribution in [0, 0.1) is 0 Å². The molecule has 0 bridgehead atoms. The third-order valence-electron chi connectivity index (χ3n) is 0.899. The van der Waals surface area contributed by atoms with E-state index in [1.807, 2.05) is 0 Å². The summed E-state index contributed by atoms with van der Waals surface area (Å²) in [5.74, 6) is -0.435. The molecule has 0 fully saturated rings. The summed E-state index contributed by atoms with van der Waals surface area (Å²) >= 11 is 0. The lowest BCUT2D eigenvalue weighted by Gasteiger charge is -2.02. The molecule has 11 heavy (non-hydrogen) atoms. The third-order valence-corrected chi connectivity index (χ3v) is 1.80. The van der Waals surface area contributed by atoms with Crippen molar-refractivity contribution in [2.45, 2.75) is 13.3 Å². The van der Waals surface area contributed by atoms with Crippen LogP contribution in [0.25, 0.3) is 0 Å². The predicted octanol–water partition coefficient (Wildman–Crippen LogP) is 0.117. The fraction of sp³-hybridized carbons (Fsp3) is 0.800. The van der Waals surface area contributed by atoms with Crippen molar-refractivity contribution in [3.8, 4) is 0 Å². The summed E-state index contributed by atoms with van der Waals surface area (Å²) < 4.78 is 14.7. The monoisotopic (exact) mass is 182 g/mol. The van der Waals surface area contributed by atoms with Gasteiger partial charge in [-0.2, -0.15) is 0 Å². The first-order valence-corrected chi connectivity index (χ1v) is 4.89. The molecule has 2 N–H and O–H groups in total. The number of hydrogen-bond donors (Lipinski definition) is 2. The Morgan fingerprint density at radius 1 is 1.55 bits per heavy atom. The molecule has 0 aromatic rings. The molecule has 0 unspecified atom stereocenters. The lowest BCUT2D eigenvalue weighted by Crippen LogP contribution is -2.02. The zero-order valence-electron chi connectivity index (χ0n) is 6.19. The van der Waals surface area contributed by atoms with Crippen molar-refractivity contribution in [3.63, 3.8) is 0 Å². The molecule has 66 valence electrons. The standard InChI is InChI=1S/C5H11O5P/c1-5(6)10-3-2-4-11(7,8)9/h2-4H2,1H3,(H2,7,8,9). The van der Waals surface area contributed by atoms with Gasteiger partial charge in [-0.25, -0.2) is 0 Å². The first-order chi connectivity index (χ1) is 4.92. The van der Waals surface area contributed by atoms with Gasteiger partial charge in [0.15, 0.2) is 0 Å². The minimum absolute atomic E-state index is 0.0699. The second-order valence-corrected chi connectivity index (χ2v) is 3.86. The lowest BCUT2D eigenvalue weighted by molar-refractivity contribution is -0.140. The Kier molecular flexibility index (Phi) is 4.33. The van der Waals surface area contributed by atoms with Gasteiger partial charge in [0.05, 0.1) is 12.8 Å². The molecule has 0 aliphatic rings. The number of carbonyl (C=O) groups excluding carboxylic acids is 1. The summed E-state index contributed by atoms with van der Waals surface area (Å²) in [5, 5.41) is 0. The molecule has 6 heteroatoms. The number of esters is 1. The first-order valence-electron chi connectivity index (χ1n) is 3.10. The van der Waals surface area contributed by atoms with E-state index in [4.69, 9.17) is 9.79 Å². The van der Waals surface area contributed by atoms with Gasteiger partial charge in [0.25, 0.3) is 0 Å². The van der Waals surface area contributed by atoms with Crippen LogP contribution in [-0.4, -0.2) is 28.5 Å². The second-order valence-electron chi connectivity index (χ2n) is 2.08. The Hall–Kier alpha value is -0.380. The van der Waals surface area contributed by atoms with Crippen molar-refractivity contribution in [2.75, 3.05) is 12.8 Å². The zero-order chi connectivity index (χ0) is 8.91. The van der Waals surface area contributed by atoms with E-state index in [9.17, 15) is 9.36 Å². The van der Waals surface area contributed by atoms with Gasteiger partial charge in [0.2, 0.25) is 0 Å². The van der Waals surface area contributed by atoms with Crippen LogP contribution in [-0.2, 0) is 14.1 Å². The molecule has 0 heterocycles. The average molecular weight is 182 g/mol. The molecular weight excluding hydrogens is 171 g/mol. The highest BCUT2D eigenvalue weighted by molar-refractivity contribution is 7.51. The van der Waals surface area contributed by atoms with Gasteiger partial charge in [0.1, 0.15) is 0 Å². The molecule has 0 aromatic heterocycles. The third kappa shape index (κ3) is 9.62. The molecule has 0 aliphatic heterocycles. The first kappa shape index (κ1) is 10.6. The summed E-state index contributed by atoms with van der Waals surface area (Å²) in [6.07, 6.45) is -0.0376. The van der Waals surface area contributed by atoms with Gasteiger partial charge >= 0.3 is 13.6 Å². The molecule has 0 atom stereocenters. The second kappa shape index (κ2) is 4.49. The van der Waals surface area contributed by atoms with E-state index in [0.29, 0.717) is 0 Å². The molecule has 0 saturated heterocycles. The van der Waals surface area contributed by atoms with Crippen LogP contribution in [0.5, 0.6) is 0 Å². The van der Waals surface area contributed by atoms with Gasteiger partial charge in [-0.05, 0) is 6.42 Å². The van der Waals surface area contributed by atoms with Crippen LogP contribution in [0.4, 0.5) is 0 Å². The normalized spacial score (nSPS) is 11.2. The smallest absolute Gasteiger partial charge is 0.325 e. The fourth-order valence-electron chi connectivity index (χ4n) is 0.486. The highest BCUT2D eigenvalue weighted by atomic mass is 31.2. The quantitative estimate of drug-likeness (QED) is 0.366. The van der Waals surface area contributed by atoms with E-state index in [-0.39, 0.29) is 19.2 Å². The molecular formula is C5H11O5P. The maximum absolute atomic E-state index is 10.2. The van der Waals surface area contributed by atoms with E-state index in [2.05, 4.69) is 4.74 Å². The van der Waals surface area contributed by atoms with Crippen molar-refractivity contribution < 1.29 is 23.9 Å². The van der Waals surface area contributed by atoms with E-state index >= 15 is 0 Å². The van der Waals surface area contributed by atoms with Crippen LogP contribution in [0.2, 0.25) is 0 Å². The number of rotatable bonds is 4. The van der Waals surface area contributed by atoms with E-state index in [1.54, 1.807) is 0 Å². The SMILES string of the molecule is CC(=O)OCCCP(=O)(O)O. The van der Waals surface area contributed by atoms with Crippen molar-refractivity contribution >= 4 is 13.6 Å². The molecule has 0 amide bonds. The minimum Gasteiger partial charge on any atom is -0.466 e. The molecule has 0 aromatic carbocycles. The molecule has 5 nitrogen and oxygen atoms in total. The van der Waals surface area contributed by atoms with Gasteiger partial charge in [-0.15, -0.1) is 0 Å². The van der Waals surface area contributed by atoms with Crippen molar-refractivity contribution in [1.82, 2.24) is 0 Å². The van der Waals surface area contributed by atoms with Gasteiger partial charge in [-0.3, -0.25) is 9.36 Å². The number of carbonyl (C=O) groups is 1. The highest BCUT2D eigenvalue weighted by Crippen LogP contribution is 2.34. The Labute approximate surface area is 64.5 Å². The summed E-state index contributed by atoms with van der Waals surface area (Å²) in [5.41, 5.74) is 0. The number of hydrogen-bond acceptors (Lipinski definition) is 3. The van der Waals surface area contributed by atoms with Gasteiger partial charge in [0, 0.05) is 6.92 Å². The fourth-order valence-corrected chi connectivity index (χ4v) is 1.03. The summed E-state index contributed by atoms with van der Waals surface area (Å²) in [4.78, 5) is 26.9. The topological polar surface area (TPSA) is 83.8 Å². The maximum Gasteiger partial charge on any atom is 0.325 e. The van der Waals surface area contributed by atoms with Crippen LogP contribution >= 0.6 is 7.60 Å². The Morgan fingerprint density at radius 2 is 2.09 bits per heavy atom. The van der Waals surface area contributed by atoms with Crippen molar-refractivity contribution in [3.05, 3.63) is 0 Å². The van der Waals surface area contributed by atoms with E-state index in [0.717, 1.165) is 0 Å². The molecule has 0 rings (SSSR count). The summed E-state index contributed by atoms with van der Waals surface area (Å²) in [7, 11) is -3.92. The number of ether oxygens (including phenoxy) is 1. The Balaban J connectivity index is 3.29. The highest BCUT2D eigenvalue weighted by Gasteiger charge is 2.11. The average Bonchev–Trinajstić information content (AvgIpc) is 1.78. The van der Waals surface area contributed by atoms with Crippen LogP contribution in [0.15, 0.2) is 0 Å². The van der Waals surface area contributed by atoms with Crippen molar-refractivity contribution in [2.24, 2.45) is 0 Å². The molecule has 0 saturated carbocycles. The van der Waals surface area contributed by atoms with E-state index < -0.39 is 13.6 Å². The zero-order valence-corrected chi connectivity index (χ0v) is 7.08. The largest absolute Gasteiger partial charge is 0.466 e. The van der Waals surface area contributed by atoms with Crippen LogP contribution in [0.1, 0.15) is 13.3 Å². The van der Waals surface area contributed by atoms with Crippen molar-refractivity contribution in [1.29, 1.82) is 0 Å². The molecule has 0 aliphatic carbocycles. The Morgan fingerprint density at radius 3 is 2.45 bits per heavy atom. The Bertz CT molecular complexity index is 172. The lowest BCUT2D eigenvalue weighted by atomic mass is 10.5. The maximum atomic E-state index is 10.2. The van der Waals surface area contributed by atoms with Crippen LogP contribution in [0.3, 0.4) is 0 Å².